The lowest BCUT2D eigenvalue weighted by atomic mass is 9.82. The molecule has 0 atom stereocenters. The second-order valence-corrected chi connectivity index (χ2v) is 6.15. The van der Waals surface area contributed by atoms with Gasteiger partial charge in [0.1, 0.15) is 0 Å². The van der Waals surface area contributed by atoms with Crippen molar-refractivity contribution in [3.05, 3.63) is 12.4 Å². The molecule has 2 heterocycles. The van der Waals surface area contributed by atoms with Crippen LogP contribution in [0.4, 0.5) is 4.79 Å². The van der Waals surface area contributed by atoms with Crippen molar-refractivity contribution in [3.63, 3.8) is 0 Å². The summed E-state index contributed by atoms with van der Waals surface area (Å²) in [5.74, 6) is 0. The molecule has 1 aliphatic heterocycles. The van der Waals surface area contributed by atoms with Gasteiger partial charge in [-0.1, -0.05) is 0 Å². The van der Waals surface area contributed by atoms with E-state index in [1.54, 1.807) is 10.9 Å². The lowest BCUT2D eigenvalue weighted by Crippen LogP contribution is -2.41. The third kappa shape index (κ3) is 3.57. The largest absolute Gasteiger partial charge is 0.498 e. The lowest BCUT2D eigenvalue weighted by Gasteiger charge is -2.32. The van der Waals surface area contributed by atoms with Gasteiger partial charge in [-0.15, -0.1) is 0 Å². The minimum Gasteiger partial charge on any atom is -0.450 e. The fraction of sp³-hybridized carbons (Fsp3) is 0.692. The predicted octanol–water partition coefficient (Wildman–Crippen LogP) is 0.668. The summed E-state index contributed by atoms with van der Waals surface area (Å²) in [6.45, 7) is 8.96. The molecule has 21 heavy (non-hydrogen) atoms. The summed E-state index contributed by atoms with van der Waals surface area (Å²) in [6.07, 6.45) is 3.50. The molecule has 7 nitrogen and oxygen atoms in total. The minimum atomic E-state index is -0.756. The van der Waals surface area contributed by atoms with Crippen LogP contribution in [-0.2, 0) is 20.6 Å². The fourth-order valence-corrected chi connectivity index (χ4v) is 2.00. The SMILES string of the molecule is CC1(C)OB(c2cnn(CCCOC(N)=O)c2)OC1(C)C. The Labute approximate surface area is 124 Å². The molecule has 2 N–H and O–H groups in total. The van der Waals surface area contributed by atoms with E-state index in [9.17, 15) is 4.79 Å². The minimum absolute atomic E-state index is 0.279. The van der Waals surface area contributed by atoms with Crippen molar-refractivity contribution < 1.29 is 18.8 Å². The normalized spacial score (nSPS) is 19.7. The molecule has 0 aromatic carbocycles. The summed E-state index contributed by atoms with van der Waals surface area (Å²) in [6, 6.07) is 0. The summed E-state index contributed by atoms with van der Waals surface area (Å²) in [4.78, 5) is 10.5. The molecule has 0 saturated carbocycles. The second-order valence-electron chi connectivity index (χ2n) is 6.15. The van der Waals surface area contributed by atoms with Crippen molar-refractivity contribution in [2.75, 3.05) is 6.61 Å². The van der Waals surface area contributed by atoms with Gasteiger partial charge in [0.05, 0.1) is 17.8 Å². The van der Waals surface area contributed by atoms with E-state index in [1.807, 2.05) is 33.9 Å². The van der Waals surface area contributed by atoms with Crippen LogP contribution in [0.5, 0.6) is 0 Å². The third-order valence-corrected chi connectivity index (χ3v) is 3.95. The van der Waals surface area contributed by atoms with E-state index < -0.39 is 13.2 Å². The van der Waals surface area contributed by atoms with Crippen molar-refractivity contribution in [2.24, 2.45) is 5.73 Å². The summed E-state index contributed by atoms with van der Waals surface area (Å²) in [5.41, 5.74) is 5.04. The molecule has 1 amide bonds. The Balaban J connectivity index is 1.91. The average Bonchev–Trinajstić information content (AvgIpc) is 2.88. The molecule has 2 rings (SSSR count). The molecule has 116 valence electrons. The molecule has 1 fully saturated rings. The van der Waals surface area contributed by atoms with E-state index in [4.69, 9.17) is 15.0 Å². The average molecular weight is 295 g/mol. The van der Waals surface area contributed by atoms with Crippen LogP contribution >= 0.6 is 0 Å². The number of aryl methyl sites for hydroxylation is 1. The number of aromatic nitrogens is 2. The Morgan fingerprint density at radius 1 is 1.38 bits per heavy atom. The quantitative estimate of drug-likeness (QED) is 0.637. The first-order chi connectivity index (χ1) is 9.71. The first-order valence-corrected chi connectivity index (χ1v) is 7.01. The maximum absolute atomic E-state index is 10.5. The van der Waals surface area contributed by atoms with E-state index >= 15 is 0 Å². The molecule has 1 aromatic heterocycles. The summed E-state index contributed by atoms with van der Waals surface area (Å²) in [7, 11) is -0.411. The zero-order valence-corrected chi connectivity index (χ0v) is 13.0. The van der Waals surface area contributed by atoms with Crippen LogP contribution in [0.2, 0.25) is 0 Å². The van der Waals surface area contributed by atoms with Gasteiger partial charge in [0, 0.05) is 30.8 Å². The highest BCUT2D eigenvalue weighted by atomic mass is 16.7. The van der Waals surface area contributed by atoms with Gasteiger partial charge in [-0.25, -0.2) is 4.79 Å². The summed E-state index contributed by atoms with van der Waals surface area (Å²) < 4.78 is 18.4. The number of carbonyl (C=O) groups is 1. The Kier molecular flexibility index (Phi) is 4.29. The van der Waals surface area contributed by atoms with Crippen LogP contribution in [0, 0.1) is 0 Å². The smallest absolute Gasteiger partial charge is 0.450 e. The van der Waals surface area contributed by atoms with Gasteiger partial charge >= 0.3 is 13.2 Å². The Bertz CT molecular complexity index is 499. The molecule has 0 aliphatic carbocycles. The van der Waals surface area contributed by atoms with Crippen LogP contribution in [0.3, 0.4) is 0 Å². The Morgan fingerprint density at radius 3 is 2.57 bits per heavy atom. The van der Waals surface area contributed by atoms with Gasteiger partial charge in [-0.2, -0.15) is 5.10 Å². The monoisotopic (exact) mass is 295 g/mol. The topological polar surface area (TPSA) is 88.6 Å². The first kappa shape index (κ1) is 15.8. The van der Waals surface area contributed by atoms with Crippen molar-refractivity contribution in [3.8, 4) is 0 Å². The van der Waals surface area contributed by atoms with Crippen molar-refractivity contribution >= 4 is 18.7 Å². The van der Waals surface area contributed by atoms with E-state index in [1.165, 1.54) is 0 Å². The fourth-order valence-electron chi connectivity index (χ4n) is 2.00. The second kappa shape index (κ2) is 5.69. The molecular weight excluding hydrogens is 273 g/mol. The zero-order chi connectivity index (χ0) is 15.7. The number of amides is 1. The maximum atomic E-state index is 10.5. The molecule has 1 saturated heterocycles. The van der Waals surface area contributed by atoms with Crippen LogP contribution in [0.15, 0.2) is 12.4 Å². The molecule has 1 aliphatic rings. The molecule has 0 spiro atoms. The highest BCUT2D eigenvalue weighted by Gasteiger charge is 2.52. The van der Waals surface area contributed by atoms with Crippen LogP contribution in [0.1, 0.15) is 34.1 Å². The maximum Gasteiger partial charge on any atom is 0.498 e. The Hall–Kier alpha value is -1.54. The number of carbonyl (C=O) groups excluding carboxylic acids is 1. The molecule has 1 aromatic rings. The predicted molar refractivity (Wildman–Crippen MR) is 78.1 cm³/mol. The van der Waals surface area contributed by atoms with Crippen molar-refractivity contribution in [1.82, 2.24) is 9.78 Å². The van der Waals surface area contributed by atoms with Gasteiger partial charge in [0.15, 0.2) is 0 Å². The van der Waals surface area contributed by atoms with Crippen LogP contribution < -0.4 is 11.2 Å². The molecule has 0 radical (unpaired) electrons. The number of ether oxygens (including phenoxy) is 1. The number of hydrogen-bond donors (Lipinski definition) is 1. The Morgan fingerprint density at radius 2 is 2.00 bits per heavy atom. The standard InChI is InChI=1S/C13H22BN3O4/c1-12(2)13(3,4)21-14(20-12)10-8-16-17(9-10)6-5-7-19-11(15)18/h8-9H,5-7H2,1-4H3,(H2,15,18). The lowest BCUT2D eigenvalue weighted by molar-refractivity contribution is 0.00578. The van der Waals surface area contributed by atoms with Gasteiger partial charge in [-0.3, -0.25) is 4.68 Å². The van der Waals surface area contributed by atoms with Gasteiger partial charge in [0.25, 0.3) is 0 Å². The number of nitrogens with zero attached hydrogens (tertiary/aromatic N) is 2. The molecule has 0 unspecified atom stereocenters. The highest BCUT2D eigenvalue weighted by molar-refractivity contribution is 6.61. The van der Waals surface area contributed by atoms with Gasteiger partial charge in [0.2, 0.25) is 0 Å². The van der Waals surface area contributed by atoms with Crippen LogP contribution in [-0.4, -0.2) is 40.8 Å². The van der Waals surface area contributed by atoms with E-state index in [2.05, 4.69) is 9.84 Å². The summed E-state index contributed by atoms with van der Waals surface area (Å²) in [5, 5.41) is 4.26. The van der Waals surface area contributed by atoms with Crippen LogP contribution in [0.25, 0.3) is 0 Å². The first-order valence-electron chi connectivity index (χ1n) is 7.01. The zero-order valence-electron chi connectivity index (χ0n) is 13.0. The third-order valence-electron chi connectivity index (χ3n) is 3.95. The number of rotatable bonds is 5. The number of primary amides is 1. The highest BCUT2D eigenvalue weighted by Crippen LogP contribution is 2.36. The summed E-state index contributed by atoms with van der Waals surface area (Å²) >= 11 is 0. The molecule has 8 heteroatoms. The molecule has 0 bridgehead atoms. The number of nitrogens with two attached hydrogens (primary N) is 1. The van der Waals surface area contributed by atoms with E-state index in [-0.39, 0.29) is 17.8 Å². The van der Waals surface area contributed by atoms with Crippen molar-refractivity contribution in [1.29, 1.82) is 0 Å². The molecular formula is C13H22BN3O4. The van der Waals surface area contributed by atoms with Gasteiger partial charge < -0.3 is 19.8 Å². The van der Waals surface area contributed by atoms with Crippen molar-refractivity contribution in [2.45, 2.75) is 51.9 Å². The van der Waals surface area contributed by atoms with E-state index in [0.29, 0.717) is 13.0 Å². The number of hydrogen-bond acceptors (Lipinski definition) is 5. The van der Waals surface area contributed by atoms with Gasteiger partial charge in [-0.05, 0) is 27.7 Å². The van der Waals surface area contributed by atoms with E-state index in [0.717, 1.165) is 5.46 Å².